The molecule has 0 aliphatic carbocycles. The minimum absolute atomic E-state index is 0.00891. The van der Waals surface area contributed by atoms with Gasteiger partial charge in [-0.1, -0.05) is 29.3 Å². The molecule has 0 saturated heterocycles. The zero-order valence-electron chi connectivity index (χ0n) is 17.2. The molecule has 8 nitrogen and oxygen atoms in total. The second kappa shape index (κ2) is 11.0. The van der Waals surface area contributed by atoms with Gasteiger partial charge < -0.3 is 25.2 Å². The maximum Gasteiger partial charge on any atom is 0.397 e. The van der Waals surface area contributed by atoms with Gasteiger partial charge in [-0.15, -0.1) is 11.3 Å². The molecule has 0 spiro atoms. The summed E-state index contributed by atoms with van der Waals surface area (Å²) in [5.41, 5.74) is 0.171. The Morgan fingerprint density at radius 2 is 1.82 bits per heavy atom. The maximum absolute atomic E-state index is 12.5. The van der Waals surface area contributed by atoms with Crippen molar-refractivity contribution in [3.63, 3.8) is 0 Å². The van der Waals surface area contributed by atoms with E-state index in [1.165, 1.54) is 41.7 Å². The second-order valence-electron chi connectivity index (χ2n) is 6.49. The highest BCUT2D eigenvalue weighted by molar-refractivity contribution is 7.09. The standard InChI is InChI=1S/C22H18Cl2N2O6S/c1-2-31-22(30)21(29)26-12-8-16(23)19(17(24)9-12)32-13-5-6-18(27)15(10-13)20(28)25-11-14-4-3-7-33-14/h3-10,27H,2,11H2,1H3,(H,25,28)(H,26,29). The third-order valence-electron chi connectivity index (χ3n) is 4.15. The van der Waals surface area contributed by atoms with E-state index in [2.05, 4.69) is 15.4 Å². The van der Waals surface area contributed by atoms with Gasteiger partial charge in [0.15, 0.2) is 5.75 Å². The molecular formula is C22H18Cl2N2O6S. The monoisotopic (exact) mass is 508 g/mol. The van der Waals surface area contributed by atoms with Crippen molar-refractivity contribution in [2.45, 2.75) is 13.5 Å². The van der Waals surface area contributed by atoms with Gasteiger partial charge in [-0.05, 0) is 48.7 Å². The first-order valence-electron chi connectivity index (χ1n) is 9.57. The number of carbonyl (C=O) groups is 3. The highest BCUT2D eigenvalue weighted by Crippen LogP contribution is 2.39. The third-order valence-corrected chi connectivity index (χ3v) is 5.59. The van der Waals surface area contributed by atoms with Crippen molar-refractivity contribution >= 4 is 58.0 Å². The highest BCUT2D eigenvalue weighted by atomic mass is 35.5. The average molecular weight is 509 g/mol. The molecule has 0 atom stereocenters. The summed E-state index contributed by atoms with van der Waals surface area (Å²) >= 11 is 14.0. The van der Waals surface area contributed by atoms with Gasteiger partial charge in [0, 0.05) is 10.6 Å². The largest absolute Gasteiger partial charge is 0.507 e. The number of hydrogen-bond donors (Lipinski definition) is 3. The fraction of sp³-hybridized carbons (Fsp3) is 0.136. The molecular weight excluding hydrogens is 491 g/mol. The van der Waals surface area contributed by atoms with Crippen LogP contribution in [0.4, 0.5) is 5.69 Å². The van der Waals surface area contributed by atoms with Gasteiger partial charge in [0.2, 0.25) is 0 Å². The normalized spacial score (nSPS) is 10.4. The average Bonchev–Trinajstić information content (AvgIpc) is 3.29. The zero-order valence-corrected chi connectivity index (χ0v) is 19.5. The number of benzene rings is 2. The van der Waals surface area contributed by atoms with Crippen LogP contribution in [-0.4, -0.2) is 29.5 Å². The van der Waals surface area contributed by atoms with Crippen molar-refractivity contribution in [1.29, 1.82) is 0 Å². The summed E-state index contributed by atoms with van der Waals surface area (Å²) in [6, 6.07) is 10.5. The minimum atomic E-state index is -1.04. The summed E-state index contributed by atoms with van der Waals surface area (Å²) in [7, 11) is 0. The van der Waals surface area contributed by atoms with Crippen LogP contribution in [0.2, 0.25) is 10.0 Å². The van der Waals surface area contributed by atoms with E-state index >= 15 is 0 Å². The summed E-state index contributed by atoms with van der Waals surface area (Å²) in [4.78, 5) is 36.7. The van der Waals surface area contributed by atoms with Crippen LogP contribution in [0.5, 0.6) is 17.2 Å². The molecule has 0 saturated carbocycles. The van der Waals surface area contributed by atoms with E-state index in [4.69, 9.17) is 27.9 Å². The lowest BCUT2D eigenvalue weighted by atomic mass is 10.1. The van der Waals surface area contributed by atoms with Gasteiger partial charge in [-0.25, -0.2) is 4.79 Å². The van der Waals surface area contributed by atoms with Crippen molar-refractivity contribution in [2.75, 3.05) is 11.9 Å². The fourth-order valence-corrected chi connectivity index (χ4v) is 3.87. The van der Waals surface area contributed by atoms with Gasteiger partial charge in [-0.3, -0.25) is 9.59 Å². The molecule has 172 valence electrons. The summed E-state index contributed by atoms with van der Waals surface area (Å²) in [6.45, 7) is 1.95. The lowest BCUT2D eigenvalue weighted by Crippen LogP contribution is -2.24. The van der Waals surface area contributed by atoms with Crippen molar-refractivity contribution in [2.24, 2.45) is 0 Å². The number of anilines is 1. The van der Waals surface area contributed by atoms with Gasteiger partial charge >= 0.3 is 11.9 Å². The van der Waals surface area contributed by atoms with Crippen LogP contribution in [0.25, 0.3) is 0 Å². The van der Waals surface area contributed by atoms with Crippen molar-refractivity contribution in [3.05, 3.63) is 68.3 Å². The van der Waals surface area contributed by atoms with Crippen LogP contribution in [0.1, 0.15) is 22.2 Å². The number of halogens is 2. The number of aromatic hydroxyl groups is 1. The maximum atomic E-state index is 12.5. The molecule has 2 aromatic carbocycles. The quantitative estimate of drug-likeness (QED) is 0.306. The predicted octanol–water partition coefficient (Wildman–Crippen LogP) is 4.98. The SMILES string of the molecule is CCOC(=O)C(=O)Nc1cc(Cl)c(Oc2ccc(O)c(C(=O)NCc3cccs3)c2)c(Cl)c1. The van der Waals surface area contributed by atoms with E-state index in [1.54, 1.807) is 6.92 Å². The van der Waals surface area contributed by atoms with Crippen molar-refractivity contribution in [3.8, 4) is 17.2 Å². The van der Waals surface area contributed by atoms with Crippen LogP contribution >= 0.6 is 34.5 Å². The van der Waals surface area contributed by atoms with E-state index < -0.39 is 17.8 Å². The first-order valence-corrected chi connectivity index (χ1v) is 11.2. The number of nitrogens with one attached hydrogen (secondary N) is 2. The van der Waals surface area contributed by atoms with Crippen molar-refractivity contribution in [1.82, 2.24) is 5.32 Å². The van der Waals surface area contributed by atoms with Gasteiger partial charge in [0.05, 0.1) is 28.8 Å². The molecule has 0 radical (unpaired) electrons. The summed E-state index contributed by atoms with van der Waals surface area (Å²) in [5, 5.41) is 17.1. The first kappa shape index (κ1) is 24.4. The minimum Gasteiger partial charge on any atom is -0.507 e. The van der Waals surface area contributed by atoms with Gasteiger partial charge in [0.1, 0.15) is 11.5 Å². The Morgan fingerprint density at radius 1 is 1.09 bits per heavy atom. The van der Waals surface area contributed by atoms with Crippen LogP contribution < -0.4 is 15.4 Å². The third kappa shape index (κ3) is 6.38. The first-order chi connectivity index (χ1) is 15.8. The fourth-order valence-electron chi connectivity index (χ4n) is 2.66. The smallest absolute Gasteiger partial charge is 0.397 e. The Balaban J connectivity index is 1.74. The second-order valence-corrected chi connectivity index (χ2v) is 8.33. The van der Waals surface area contributed by atoms with E-state index in [0.29, 0.717) is 6.54 Å². The summed E-state index contributed by atoms with van der Waals surface area (Å²) < 4.78 is 10.3. The van der Waals surface area contributed by atoms with Gasteiger partial charge in [0.25, 0.3) is 5.91 Å². The van der Waals surface area contributed by atoms with E-state index in [0.717, 1.165) is 4.88 Å². The van der Waals surface area contributed by atoms with E-state index in [-0.39, 0.29) is 45.2 Å². The molecule has 3 N–H and O–H groups in total. The molecule has 2 amide bonds. The van der Waals surface area contributed by atoms with E-state index in [9.17, 15) is 19.5 Å². The number of phenolic OH excluding ortho intramolecular Hbond substituents is 1. The van der Waals surface area contributed by atoms with Crippen LogP contribution in [0.3, 0.4) is 0 Å². The lowest BCUT2D eigenvalue weighted by molar-refractivity contribution is -0.152. The molecule has 11 heteroatoms. The molecule has 0 bridgehead atoms. The molecule has 1 aromatic heterocycles. The number of phenols is 1. The van der Waals surface area contributed by atoms with Crippen LogP contribution in [-0.2, 0) is 20.9 Å². The summed E-state index contributed by atoms with van der Waals surface area (Å²) in [6.07, 6.45) is 0. The molecule has 0 aliphatic rings. The highest BCUT2D eigenvalue weighted by Gasteiger charge is 2.19. The number of ether oxygens (including phenoxy) is 2. The number of esters is 1. The number of thiophene rings is 1. The topological polar surface area (TPSA) is 114 Å². The molecule has 3 rings (SSSR count). The molecule has 33 heavy (non-hydrogen) atoms. The van der Waals surface area contributed by atoms with E-state index in [1.807, 2.05) is 17.5 Å². The Bertz CT molecular complexity index is 1160. The number of hydrogen-bond acceptors (Lipinski definition) is 7. The predicted molar refractivity (Wildman–Crippen MR) is 125 cm³/mol. The molecule has 1 heterocycles. The van der Waals surface area contributed by atoms with Crippen LogP contribution in [0, 0.1) is 0 Å². The molecule has 0 aliphatic heterocycles. The van der Waals surface area contributed by atoms with Crippen molar-refractivity contribution < 1.29 is 29.0 Å². The van der Waals surface area contributed by atoms with Crippen LogP contribution in [0.15, 0.2) is 47.8 Å². The zero-order chi connectivity index (χ0) is 24.0. The number of rotatable bonds is 7. The molecule has 0 fully saturated rings. The lowest BCUT2D eigenvalue weighted by Gasteiger charge is -2.13. The number of amides is 2. The molecule has 3 aromatic rings. The Kier molecular flexibility index (Phi) is 8.16. The Labute approximate surface area is 203 Å². The molecule has 0 unspecified atom stereocenters. The Hall–Kier alpha value is -3.27. The van der Waals surface area contributed by atoms with Gasteiger partial charge in [-0.2, -0.15) is 0 Å². The Morgan fingerprint density at radius 3 is 2.45 bits per heavy atom. The number of carbonyl (C=O) groups excluding carboxylic acids is 3. The summed E-state index contributed by atoms with van der Waals surface area (Å²) in [5.74, 6) is -2.47.